The van der Waals surface area contributed by atoms with E-state index in [0.29, 0.717) is 18.2 Å². The molecule has 0 spiro atoms. The van der Waals surface area contributed by atoms with Gasteiger partial charge >= 0.3 is 0 Å². The van der Waals surface area contributed by atoms with E-state index in [-0.39, 0.29) is 11.9 Å². The zero-order valence-corrected chi connectivity index (χ0v) is 16.0. The molecular formula is C21H22N4OS. The van der Waals surface area contributed by atoms with Crippen LogP contribution in [0.2, 0.25) is 0 Å². The van der Waals surface area contributed by atoms with Gasteiger partial charge in [-0.3, -0.25) is 9.78 Å². The topological polar surface area (TPSA) is 66.9 Å². The highest BCUT2D eigenvalue weighted by Gasteiger charge is 2.27. The summed E-state index contributed by atoms with van der Waals surface area (Å²) in [5.74, 6) is 0.497. The molecule has 1 aliphatic rings. The number of anilines is 1. The van der Waals surface area contributed by atoms with Crippen molar-refractivity contribution in [1.29, 1.82) is 0 Å². The normalized spacial score (nSPS) is 14.6. The highest BCUT2D eigenvalue weighted by Crippen LogP contribution is 2.42. The Hall–Kier alpha value is -2.73. The van der Waals surface area contributed by atoms with Crippen LogP contribution < -0.4 is 10.6 Å². The number of pyridine rings is 1. The van der Waals surface area contributed by atoms with Gasteiger partial charge in [0.25, 0.3) is 5.91 Å². The number of thiazole rings is 1. The van der Waals surface area contributed by atoms with Crippen LogP contribution in [0.5, 0.6) is 0 Å². The fourth-order valence-corrected chi connectivity index (χ4v) is 3.94. The third kappa shape index (κ3) is 4.52. The number of carbonyl (C=O) groups excluding carboxylic acids is 1. The molecule has 1 fully saturated rings. The van der Waals surface area contributed by atoms with E-state index in [4.69, 9.17) is 4.98 Å². The Labute approximate surface area is 162 Å². The molecular weight excluding hydrogens is 356 g/mol. The number of carbonyl (C=O) groups is 1. The molecule has 5 nitrogen and oxygen atoms in total. The predicted octanol–water partition coefficient (Wildman–Crippen LogP) is 4.52. The van der Waals surface area contributed by atoms with Crippen LogP contribution in [-0.2, 0) is 6.54 Å². The van der Waals surface area contributed by atoms with Crippen molar-refractivity contribution >= 4 is 22.9 Å². The Morgan fingerprint density at radius 3 is 2.85 bits per heavy atom. The number of amides is 1. The first kappa shape index (κ1) is 17.7. The number of aromatic nitrogens is 2. The second-order valence-electron chi connectivity index (χ2n) is 6.85. The van der Waals surface area contributed by atoms with Crippen molar-refractivity contribution in [2.24, 2.45) is 0 Å². The van der Waals surface area contributed by atoms with Gasteiger partial charge in [-0.1, -0.05) is 30.3 Å². The van der Waals surface area contributed by atoms with Crippen molar-refractivity contribution in [2.75, 3.05) is 5.32 Å². The van der Waals surface area contributed by atoms with Crippen molar-refractivity contribution in [3.05, 3.63) is 76.0 Å². The summed E-state index contributed by atoms with van der Waals surface area (Å²) in [6.45, 7) is 2.57. The van der Waals surface area contributed by atoms with Crippen LogP contribution in [0.15, 0.2) is 54.0 Å². The number of benzene rings is 1. The third-order valence-electron chi connectivity index (χ3n) is 4.58. The van der Waals surface area contributed by atoms with Crippen molar-refractivity contribution < 1.29 is 4.79 Å². The molecule has 4 rings (SSSR count). The fourth-order valence-electron chi connectivity index (χ4n) is 2.85. The quantitative estimate of drug-likeness (QED) is 0.634. The number of nitrogens with zero attached hydrogens (tertiary/aromatic N) is 2. The van der Waals surface area contributed by atoms with Crippen molar-refractivity contribution in [3.8, 4) is 0 Å². The fraction of sp³-hybridized carbons (Fsp3) is 0.286. The minimum atomic E-state index is -0.181. The van der Waals surface area contributed by atoms with Crippen molar-refractivity contribution in [1.82, 2.24) is 15.3 Å². The Balaban J connectivity index is 1.38. The van der Waals surface area contributed by atoms with Gasteiger partial charge in [0.2, 0.25) is 0 Å². The van der Waals surface area contributed by atoms with E-state index in [1.165, 1.54) is 17.8 Å². The number of hydrogen-bond donors (Lipinski definition) is 2. The molecule has 0 saturated heterocycles. The van der Waals surface area contributed by atoms with E-state index in [9.17, 15) is 4.79 Å². The molecule has 1 aromatic carbocycles. The molecule has 0 radical (unpaired) electrons. The maximum atomic E-state index is 12.4. The highest BCUT2D eigenvalue weighted by molar-refractivity contribution is 7.09. The smallest absolute Gasteiger partial charge is 0.270 e. The van der Waals surface area contributed by atoms with Crippen molar-refractivity contribution in [2.45, 2.75) is 38.3 Å². The maximum absolute atomic E-state index is 12.4. The van der Waals surface area contributed by atoms with Gasteiger partial charge in [-0.15, -0.1) is 11.3 Å². The average Bonchev–Trinajstić information content (AvgIpc) is 3.43. The molecule has 2 aromatic heterocycles. The first-order valence-corrected chi connectivity index (χ1v) is 10.1. The molecule has 1 saturated carbocycles. The summed E-state index contributed by atoms with van der Waals surface area (Å²) in [5, 5.41) is 9.70. The largest absolute Gasteiger partial charge is 0.377 e. The highest BCUT2D eigenvalue weighted by atomic mass is 32.1. The van der Waals surface area contributed by atoms with Crippen LogP contribution in [0.3, 0.4) is 0 Å². The average molecular weight is 379 g/mol. The van der Waals surface area contributed by atoms with E-state index in [1.807, 2.05) is 36.4 Å². The zero-order valence-electron chi connectivity index (χ0n) is 15.2. The zero-order chi connectivity index (χ0) is 18.6. The molecule has 0 unspecified atom stereocenters. The van der Waals surface area contributed by atoms with E-state index in [0.717, 1.165) is 16.9 Å². The summed E-state index contributed by atoms with van der Waals surface area (Å²) in [4.78, 5) is 21.4. The number of nitrogens with one attached hydrogen (secondary N) is 2. The number of rotatable bonds is 7. The molecule has 0 bridgehead atoms. The molecule has 3 aromatic rings. The van der Waals surface area contributed by atoms with Gasteiger partial charge in [0.05, 0.1) is 16.7 Å². The summed E-state index contributed by atoms with van der Waals surface area (Å²) >= 11 is 1.74. The van der Waals surface area contributed by atoms with Crippen LogP contribution in [0.25, 0.3) is 0 Å². The first-order chi connectivity index (χ1) is 13.2. The second kappa shape index (κ2) is 7.88. The Kier molecular flexibility index (Phi) is 5.16. The van der Waals surface area contributed by atoms with Gasteiger partial charge < -0.3 is 10.6 Å². The van der Waals surface area contributed by atoms with Crippen LogP contribution >= 0.6 is 11.3 Å². The van der Waals surface area contributed by atoms with Gasteiger partial charge in [0, 0.05) is 29.7 Å². The standard InChI is InChI=1S/C21H22N4OS/c1-14(19-13-27-21(25-19)16-7-8-16)24-17-9-10-22-18(11-17)20(26)23-12-15-5-3-2-4-6-15/h2-6,9-11,13-14,16H,7-8,12H2,1H3,(H,22,24)(H,23,26)/t14-/m1/s1. The van der Waals surface area contributed by atoms with Crippen LogP contribution in [0.1, 0.15) is 58.5 Å². The molecule has 2 heterocycles. The molecule has 2 N–H and O–H groups in total. The predicted molar refractivity (Wildman–Crippen MR) is 108 cm³/mol. The van der Waals surface area contributed by atoms with Gasteiger partial charge in [-0.2, -0.15) is 0 Å². The van der Waals surface area contributed by atoms with E-state index in [2.05, 4.69) is 27.9 Å². The third-order valence-corrected chi connectivity index (χ3v) is 5.61. The molecule has 1 amide bonds. The molecule has 27 heavy (non-hydrogen) atoms. The minimum Gasteiger partial charge on any atom is -0.377 e. The van der Waals surface area contributed by atoms with Crippen molar-refractivity contribution in [3.63, 3.8) is 0 Å². The molecule has 1 atom stereocenters. The summed E-state index contributed by atoms with van der Waals surface area (Å²) < 4.78 is 0. The molecule has 6 heteroatoms. The molecule has 138 valence electrons. The van der Waals surface area contributed by atoms with Crippen LogP contribution in [-0.4, -0.2) is 15.9 Å². The van der Waals surface area contributed by atoms with Gasteiger partial charge in [-0.05, 0) is 37.5 Å². The summed E-state index contributed by atoms with van der Waals surface area (Å²) in [5.41, 5.74) is 3.38. The molecule has 1 aliphatic carbocycles. The summed E-state index contributed by atoms with van der Waals surface area (Å²) in [6.07, 6.45) is 4.18. The van der Waals surface area contributed by atoms with E-state index < -0.39 is 0 Å². The van der Waals surface area contributed by atoms with E-state index >= 15 is 0 Å². The lowest BCUT2D eigenvalue weighted by molar-refractivity contribution is 0.0946. The summed E-state index contributed by atoms with van der Waals surface area (Å²) in [7, 11) is 0. The lowest BCUT2D eigenvalue weighted by atomic mass is 10.2. The minimum absolute atomic E-state index is 0.0800. The lowest BCUT2D eigenvalue weighted by Crippen LogP contribution is -2.23. The summed E-state index contributed by atoms with van der Waals surface area (Å²) in [6, 6.07) is 13.6. The first-order valence-electron chi connectivity index (χ1n) is 9.19. The van der Waals surface area contributed by atoms with Gasteiger partial charge in [0.1, 0.15) is 5.69 Å². The Morgan fingerprint density at radius 1 is 1.26 bits per heavy atom. The van der Waals surface area contributed by atoms with Crippen LogP contribution in [0.4, 0.5) is 5.69 Å². The van der Waals surface area contributed by atoms with Gasteiger partial charge in [-0.25, -0.2) is 4.98 Å². The Morgan fingerprint density at radius 2 is 2.07 bits per heavy atom. The molecule has 0 aliphatic heterocycles. The second-order valence-corrected chi connectivity index (χ2v) is 7.74. The Bertz CT molecular complexity index is 921. The monoisotopic (exact) mass is 378 g/mol. The van der Waals surface area contributed by atoms with E-state index in [1.54, 1.807) is 23.6 Å². The SMILES string of the molecule is C[C@@H](Nc1ccnc(C(=O)NCc2ccccc2)c1)c1csc(C2CC2)n1. The number of hydrogen-bond acceptors (Lipinski definition) is 5. The lowest BCUT2D eigenvalue weighted by Gasteiger charge is -2.14. The maximum Gasteiger partial charge on any atom is 0.270 e. The van der Waals surface area contributed by atoms with Gasteiger partial charge in [0.15, 0.2) is 0 Å². The van der Waals surface area contributed by atoms with Crippen LogP contribution in [0, 0.1) is 0 Å².